The first-order chi connectivity index (χ1) is 6.97. The highest BCUT2D eigenvalue weighted by Crippen LogP contribution is 2.09. The summed E-state index contributed by atoms with van der Waals surface area (Å²) >= 11 is 0. The van der Waals surface area contributed by atoms with E-state index in [1.165, 1.54) is 6.08 Å². The summed E-state index contributed by atoms with van der Waals surface area (Å²) in [4.78, 5) is 11.4. The molecular weight excluding hydrogens is 196 g/mol. The van der Waals surface area contributed by atoms with Gasteiger partial charge in [0, 0.05) is 6.08 Å². The van der Waals surface area contributed by atoms with E-state index in [0.717, 1.165) is 5.57 Å². The Morgan fingerprint density at radius 1 is 1.27 bits per heavy atom. The molecule has 0 radical (unpaired) electrons. The van der Waals surface area contributed by atoms with Gasteiger partial charge in [-0.05, 0) is 26.3 Å². The van der Waals surface area contributed by atoms with Crippen LogP contribution >= 0.6 is 0 Å². The zero-order valence-electron chi connectivity index (χ0n) is 9.54. The van der Waals surface area contributed by atoms with Crippen LogP contribution in [0.2, 0.25) is 0 Å². The highest BCUT2D eigenvalue weighted by atomic mass is 16.6. The largest absolute Gasteiger partial charge is 0.457 e. The van der Waals surface area contributed by atoms with Crippen molar-refractivity contribution in [2.24, 2.45) is 0 Å². The van der Waals surface area contributed by atoms with E-state index in [9.17, 15) is 4.79 Å². The maximum atomic E-state index is 11.4. The zero-order valence-corrected chi connectivity index (χ0v) is 9.54. The van der Waals surface area contributed by atoms with Gasteiger partial charge in [0.2, 0.25) is 0 Å². The normalized spacial score (nSPS) is 18.2. The fraction of sp³-hybridized carbons (Fsp3) is 0.727. The molecule has 0 unspecified atom stereocenters. The number of hydrogen-bond donors (Lipinski definition) is 0. The van der Waals surface area contributed by atoms with Crippen molar-refractivity contribution in [2.75, 3.05) is 26.4 Å². The van der Waals surface area contributed by atoms with Crippen LogP contribution in [-0.4, -0.2) is 38.0 Å². The molecular formula is C11H18O4. The molecule has 0 spiro atoms. The fourth-order valence-corrected chi connectivity index (χ4v) is 1.15. The molecule has 0 aromatic rings. The highest BCUT2D eigenvalue weighted by Gasteiger charge is 2.15. The average molecular weight is 214 g/mol. The molecule has 0 N–H and O–H groups in total. The third kappa shape index (κ3) is 5.54. The van der Waals surface area contributed by atoms with E-state index in [-0.39, 0.29) is 5.97 Å². The van der Waals surface area contributed by atoms with Crippen LogP contribution in [0.15, 0.2) is 11.6 Å². The van der Waals surface area contributed by atoms with Crippen LogP contribution in [0, 0.1) is 0 Å². The molecule has 0 aliphatic carbocycles. The predicted octanol–water partition coefficient (Wildman–Crippen LogP) is 1.30. The van der Waals surface area contributed by atoms with Crippen molar-refractivity contribution in [2.45, 2.75) is 26.4 Å². The van der Waals surface area contributed by atoms with E-state index in [4.69, 9.17) is 14.2 Å². The van der Waals surface area contributed by atoms with Gasteiger partial charge in [-0.1, -0.05) is 0 Å². The van der Waals surface area contributed by atoms with Gasteiger partial charge in [0.05, 0.1) is 26.4 Å². The van der Waals surface area contributed by atoms with Gasteiger partial charge < -0.3 is 14.2 Å². The van der Waals surface area contributed by atoms with Crippen molar-refractivity contribution in [1.29, 1.82) is 0 Å². The topological polar surface area (TPSA) is 44.8 Å². The first-order valence-corrected chi connectivity index (χ1v) is 5.05. The summed E-state index contributed by atoms with van der Waals surface area (Å²) < 4.78 is 15.6. The van der Waals surface area contributed by atoms with E-state index >= 15 is 0 Å². The molecule has 0 amide bonds. The third-order valence-electron chi connectivity index (χ3n) is 1.68. The molecule has 0 atom stereocenters. The maximum Gasteiger partial charge on any atom is 0.331 e. The molecule has 1 rings (SSSR count). The lowest BCUT2D eigenvalue weighted by molar-refractivity contribution is -0.148. The first-order valence-electron chi connectivity index (χ1n) is 5.05. The Morgan fingerprint density at radius 2 is 1.80 bits per heavy atom. The van der Waals surface area contributed by atoms with Crippen molar-refractivity contribution in [3.63, 3.8) is 0 Å². The molecule has 0 aromatic carbocycles. The molecule has 1 heterocycles. The van der Waals surface area contributed by atoms with E-state index in [1.54, 1.807) is 0 Å². The van der Waals surface area contributed by atoms with Crippen LogP contribution in [0.5, 0.6) is 0 Å². The van der Waals surface area contributed by atoms with Crippen molar-refractivity contribution in [3.05, 3.63) is 11.6 Å². The Labute approximate surface area is 90.2 Å². The van der Waals surface area contributed by atoms with Crippen LogP contribution in [0.3, 0.4) is 0 Å². The summed E-state index contributed by atoms with van der Waals surface area (Å²) in [5, 5.41) is 0. The number of hydrogen-bond acceptors (Lipinski definition) is 4. The summed E-state index contributed by atoms with van der Waals surface area (Å²) in [6.45, 7) is 7.55. The number of rotatable bonds is 1. The zero-order chi connectivity index (χ0) is 11.3. The summed E-state index contributed by atoms with van der Waals surface area (Å²) in [5.74, 6) is -0.341. The second-order valence-corrected chi connectivity index (χ2v) is 4.44. The van der Waals surface area contributed by atoms with E-state index < -0.39 is 5.60 Å². The van der Waals surface area contributed by atoms with Crippen molar-refractivity contribution in [1.82, 2.24) is 0 Å². The van der Waals surface area contributed by atoms with E-state index in [1.807, 2.05) is 20.8 Å². The number of esters is 1. The lowest BCUT2D eigenvalue weighted by Gasteiger charge is -2.18. The summed E-state index contributed by atoms with van der Waals surface area (Å²) in [6, 6.07) is 0. The van der Waals surface area contributed by atoms with Crippen molar-refractivity contribution in [3.8, 4) is 0 Å². The highest BCUT2D eigenvalue weighted by molar-refractivity contribution is 5.83. The molecule has 1 aliphatic rings. The lowest BCUT2D eigenvalue weighted by Crippen LogP contribution is -2.23. The summed E-state index contributed by atoms with van der Waals surface area (Å²) in [5.41, 5.74) is 0.363. The monoisotopic (exact) mass is 214 g/mol. The van der Waals surface area contributed by atoms with Gasteiger partial charge in [0.1, 0.15) is 5.60 Å². The molecule has 4 nitrogen and oxygen atoms in total. The second-order valence-electron chi connectivity index (χ2n) is 4.44. The van der Waals surface area contributed by atoms with E-state index in [2.05, 4.69) is 0 Å². The summed E-state index contributed by atoms with van der Waals surface area (Å²) in [7, 11) is 0. The number of carbonyl (C=O) groups is 1. The Kier molecular flexibility index (Phi) is 4.29. The standard InChI is InChI=1S/C11H18O4/c1-11(2,3)15-10(12)6-9-7-13-4-5-14-8-9/h6H,4-5,7-8H2,1-3H3. The molecule has 15 heavy (non-hydrogen) atoms. The SMILES string of the molecule is CC(C)(C)OC(=O)C=C1COCCOC1. The minimum absolute atomic E-state index is 0.341. The van der Waals surface area contributed by atoms with Crippen LogP contribution in [0.25, 0.3) is 0 Å². The molecule has 0 bridgehead atoms. The van der Waals surface area contributed by atoms with Gasteiger partial charge in [-0.2, -0.15) is 0 Å². The maximum absolute atomic E-state index is 11.4. The summed E-state index contributed by atoms with van der Waals surface area (Å²) in [6.07, 6.45) is 1.45. The predicted molar refractivity (Wildman–Crippen MR) is 55.6 cm³/mol. The van der Waals surface area contributed by atoms with Crippen molar-refractivity contribution >= 4 is 5.97 Å². The van der Waals surface area contributed by atoms with Crippen LogP contribution in [0.1, 0.15) is 20.8 Å². The van der Waals surface area contributed by atoms with Gasteiger partial charge in [0.25, 0.3) is 0 Å². The van der Waals surface area contributed by atoms with Gasteiger partial charge >= 0.3 is 5.97 Å². The average Bonchev–Trinajstić information content (AvgIpc) is 2.28. The third-order valence-corrected chi connectivity index (χ3v) is 1.68. The van der Waals surface area contributed by atoms with Crippen LogP contribution in [0.4, 0.5) is 0 Å². The molecule has 1 fully saturated rings. The molecule has 1 saturated heterocycles. The molecule has 86 valence electrons. The molecule has 1 aliphatic heterocycles. The molecule has 0 aromatic heterocycles. The smallest absolute Gasteiger partial charge is 0.331 e. The minimum atomic E-state index is -0.458. The Bertz CT molecular complexity index is 240. The van der Waals surface area contributed by atoms with Gasteiger partial charge in [-0.15, -0.1) is 0 Å². The van der Waals surface area contributed by atoms with Crippen LogP contribution in [-0.2, 0) is 19.0 Å². The minimum Gasteiger partial charge on any atom is -0.457 e. The molecule has 4 heteroatoms. The number of ether oxygens (including phenoxy) is 3. The van der Waals surface area contributed by atoms with Crippen LogP contribution < -0.4 is 0 Å². The molecule has 0 saturated carbocycles. The van der Waals surface area contributed by atoms with Gasteiger partial charge in [-0.3, -0.25) is 0 Å². The Balaban J connectivity index is 2.49. The fourth-order valence-electron chi connectivity index (χ4n) is 1.15. The second kappa shape index (κ2) is 5.28. The van der Waals surface area contributed by atoms with E-state index in [0.29, 0.717) is 26.4 Å². The van der Waals surface area contributed by atoms with Crippen molar-refractivity contribution < 1.29 is 19.0 Å². The van der Waals surface area contributed by atoms with Gasteiger partial charge in [-0.25, -0.2) is 4.79 Å². The first kappa shape index (κ1) is 12.2. The number of carbonyl (C=O) groups excluding carboxylic acids is 1. The quantitative estimate of drug-likeness (QED) is 0.487. The Morgan fingerprint density at radius 3 is 2.27 bits per heavy atom. The van der Waals surface area contributed by atoms with Gasteiger partial charge in [0.15, 0.2) is 0 Å². The Hall–Kier alpha value is -0.870. The lowest BCUT2D eigenvalue weighted by atomic mass is 10.2.